The highest BCUT2D eigenvalue weighted by Gasteiger charge is 2.39. The van der Waals surface area contributed by atoms with Crippen LogP contribution in [0, 0.1) is 0 Å². The first-order chi connectivity index (χ1) is 14.6. The van der Waals surface area contributed by atoms with E-state index in [2.05, 4.69) is 10.3 Å². The standard InChI is InChI=1S/C22H18ClN3O3S/c23-15-6-4-9-17(12-15)24-20(27)13-19-21(28)26(14-18-10-5-11-29-18)22(30-19)25-16-7-2-1-3-8-16/h1-12,19H,13-14H2,(H,24,27). The molecule has 1 fully saturated rings. The number of anilines is 1. The molecule has 1 N–H and O–H groups in total. The fraction of sp³-hybridized carbons (Fsp3) is 0.136. The van der Waals surface area contributed by atoms with E-state index in [1.165, 1.54) is 11.8 Å². The summed E-state index contributed by atoms with van der Waals surface area (Å²) in [5, 5.41) is 3.29. The third-order valence-corrected chi connectivity index (χ3v) is 5.78. The molecule has 30 heavy (non-hydrogen) atoms. The van der Waals surface area contributed by atoms with Gasteiger partial charge in [-0.3, -0.25) is 14.5 Å². The number of hydrogen-bond donors (Lipinski definition) is 1. The number of para-hydroxylation sites is 1. The zero-order chi connectivity index (χ0) is 20.9. The van der Waals surface area contributed by atoms with E-state index < -0.39 is 5.25 Å². The van der Waals surface area contributed by atoms with Crippen molar-refractivity contribution in [2.75, 3.05) is 5.32 Å². The minimum atomic E-state index is -0.568. The van der Waals surface area contributed by atoms with Crippen LogP contribution in [0.15, 0.2) is 82.4 Å². The van der Waals surface area contributed by atoms with Crippen LogP contribution in [0.4, 0.5) is 11.4 Å². The van der Waals surface area contributed by atoms with Gasteiger partial charge in [0.15, 0.2) is 5.17 Å². The molecule has 0 aliphatic carbocycles. The Bertz CT molecular complexity index is 1070. The molecule has 6 nitrogen and oxygen atoms in total. The summed E-state index contributed by atoms with van der Waals surface area (Å²) in [7, 11) is 0. The second kappa shape index (κ2) is 9.19. The number of nitrogens with zero attached hydrogens (tertiary/aromatic N) is 2. The van der Waals surface area contributed by atoms with Crippen molar-refractivity contribution in [1.29, 1.82) is 0 Å². The van der Waals surface area contributed by atoms with Gasteiger partial charge in [-0.2, -0.15) is 0 Å². The van der Waals surface area contributed by atoms with E-state index in [4.69, 9.17) is 16.0 Å². The Kier molecular flexibility index (Phi) is 6.21. The molecular formula is C22H18ClN3O3S. The van der Waals surface area contributed by atoms with Crippen LogP contribution in [-0.4, -0.2) is 27.1 Å². The molecule has 0 bridgehead atoms. The molecule has 4 rings (SSSR count). The fourth-order valence-corrected chi connectivity index (χ4v) is 4.34. The van der Waals surface area contributed by atoms with E-state index in [-0.39, 0.29) is 24.8 Å². The van der Waals surface area contributed by atoms with Gasteiger partial charge in [-0.25, -0.2) is 4.99 Å². The monoisotopic (exact) mass is 439 g/mol. The van der Waals surface area contributed by atoms with Crippen molar-refractivity contribution in [3.8, 4) is 0 Å². The van der Waals surface area contributed by atoms with Crippen molar-refractivity contribution >= 4 is 51.7 Å². The molecule has 2 heterocycles. The van der Waals surface area contributed by atoms with Gasteiger partial charge in [0.1, 0.15) is 11.0 Å². The van der Waals surface area contributed by atoms with Crippen LogP contribution in [0.3, 0.4) is 0 Å². The number of rotatable bonds is 6. The Morgan fingerprint density at radius 3 is 2.70 bits per heavy atom. The number of carbonyl (C=O) groups is 2. The summed E-state index contributed by atoms with van der Waals surface area (Å²) in [4.78, 5) is 31.8. The van der Waals surface area contributed by atoms with Crippen molar-refractivity contribution in [1.82, 2.24) is 4.90 Å². The summed E-state index contributed by atoms with van der Waals surface area (Å²) >= 11 is 7.25. The van der Waals surface area contributed by atoms with E-state index in [9.17, 15) is 9.59 Å². The zero-order valence-corrected chi connectivity index (χ0v) is 17.4. The fourth-order valence-electron chi connectivity index (χ4n) is 2.99. The average molecular weight is 440 g/mol. The van der Waals surface area contributed by atoms with E-state index >= 15 is 0 Å². The Hall–Kier alpha value is -3.03. The Balaban J connectivity index is 1.51. The number of hydrogen-bond acceptors (Lipinski definition) is 5. The Morgan fingerprint density at radius 2 is 1.97 bits per heavy atom. The van der Waals surface area contributed by atoms with Gasteiger partial charge in [0.25, 0.3) is 0 Å². The molecule has 2 aromatic carbocycles. The van der Waals surface area contributed by atoms with E-state index in [0.717, 1.165) is 5.69 Å². The van der Waals surface area contributed by atoms with Gasteiger partial charge in [-0.05, 0) is 42.5 Å². The molecule has 1 aliphatic heterocycles. The number of halogens is 1. The molecule has 2 amide bonds. The number of amidine groups is 1. The van der Waals surface area contributed by atoms with Crippen LogP contribution >= 0.6 is 23.4 Å². The minimum absolute atomic E-state index is 0.0263. The Labute approximate surface area is 182 Å². The maximum atomic E-state index is 13.1. The molecule has 0 spiro atoms. The first-order valence-electron chi connectivity index (χ1n) is 9.28. The van der Waals surface area contributed by atoms with Crippen molar-refractivity contribution in [3.63, 3.8) is 0 Å². The molecule has 1 atom stereocenters. The topological polar surface area (TPSA) is 74.9 Å². The number of amides is 2. The number of furan rings is 1. The minimum Gasteiger partial charge on any atom is -0.467 e. The summed E-state index contributed by atoms with van der Waals surface area (Å²) in [5.74, 6) is 0.211. The van der Waals surface area contributed by atoms with Crippen LogP contribution in [0.1, 0.15) is 12.2 Å². The summed E-state index contributed by atoms with van der Waals surface area (Å²) in [5.41, 5.74) is 1.33. The highest BCUT2D eigenvalue weighted by atomic mass is 35.5. The predicted octanol–water partition coefficient (Wildman–Crippen LogP) is 5.09. The highest BCUT2D eigenvalue weighted by Crippen LogP contribution is 2.33. The van der Waals surface area contributed by atoms with Gasteiger partial charge >= 0.3 is 0 Å². The maximum absolute atomic E-state index is 13.1. The summed E-state index contributed by atoms with van der Waals surface area (Å²) in [6, 6.07) is 19.9. The number of aliphatic imine (C=N–C) groups is 1. The molecule has 1 unspecified atom stereocenters. The highest BCUT2D eigenvalue weighted by molar-refractivity contribution is 8.15. The number of carbonyl (C=O) groups excluding carboxylic acids is 2. The van der Waals surface area contributed by atoms with Gasteiger partial charge in [0.2, 0.25) is 11.8 Å². The summed E-state index contributed by atoms with van der Waals surface area (Å²) < 4.78 is 5.40. The second-order valence-corrected chi connectivity index (χ2v) is 8.21. The molecule has 1 aromatic heterocycles. The summed E-state index contributed by atoms with van der Waals surface area (Å²) in [6.45, 7) is 0.261. The quantitative estimate of drug-likeness (QED) is 0.580. The molecule has 1 saturated heterocycles. The van der Waals surface area contributed by atoms with Crippen molar-refractivity contribution in [2.24, 2.45) is 4.99 Å². The molecule has 8 heteroatoms. The van der Waals surface area contributed by atoms with Crippen molar-refractivity contribution < 1.29 is 14.0 Å². The summed E-state index contributed by atoms with van der Waals surface area (Å²) in [6.07, 6.45) is 1.59. The van der Waals surface area contributed by atoms with Gasteiger partial charge in [-0.1, -0.05) is 47.6 Å². The SMILES string of the molecule is O=C(CC1SC(=Nc2ccccc2)N(Cc2ccco2)C1=O)Nc1cccc(Cl)c1. The molecule has 3 aromatic rings. The largest absolute Gasteiger partial charge is 0.467 e. The lowest BCUT2D eigenvalue weighted by molar-refractivity contribution is -0.128. The van der Waals surface area contributed by atoms with Crippen LogP contribution in [0.25, 0.3) is 0 Å². The number of thioether (sulfide) groups is 1. The van der Waals surface area contributed by atoms with Crippen molar-refractivity contribution in [3.05, 3.63) is 83.8 Å². The van der Waals surface area contributed by atoms with Crippen molar-refractivity contribution in [2.45, 2.75) is 18.2 Å². The van der Waals surface area contributed by atoms with Crippen LogP contribution < -0.4 is 5.32 Å². The average Bonchev–Trinajstić information content (AvgIpc) is 3.33. The van der Waals surface area contributed by atoms with Crippen LogP contribution in [-0.2, 0) is 16.1 Å². The number of nitrogens with one attached hydrogen (secondary N) is 1. The van der Waals surface area contributed by atoms with Gasteiger partial charge < -0.3 is 9.73 Å². The van der Waals surface area contributed by atoms with Gasteiger partial charge in [0.05, 0.1) is 18.5 Å². The molecule has 0 saturated carbocycles. The zero-order valence-electron chi connectivity index (χ0n) is 15.8. The first-order valence-corrected chi connectivity index (χ1v) is 10.5. The van der Waals surface area contributed by atoms with E-state index in [0.29, 0.717) is 21.6 Å². The molecule has 0 radical (unpaired) electrons. The van der Waals surface area contributed by atoms with E-state index in [1.807, 2.05) is 30.3 Å². The number of benzene rings is 2. The third kappa shape index (κ3) is 4.93. The molecular weight excluding hydrogens is 422 g/mol. The normalized spacial score (nSPS) is 17.5. The molecule has 152 valence electrons. The molecule has 1 aliphatic rings. The predicted molar refractivity (Wildman–Crippen MR) is 119 cm³/mol. The van der Waals surface area contributed by atoms with Gasteiger partial charge in [0, 0.05) is 17.1 Å². The maximum Gasteiger partial charge on any atom is 0.243 e. The lowest BCUT2D eigenvalue weighted by atomic mass is 10.2. The smallest absolute Gasteiger partial charge is 0.243 e. The lowest BCUT2D eigenvalue weighted by Gasteiger charge is -2.15. The third-order valence-electron chi connectivity index (χ3n) is 4.37. The van der Waals surface area contributed by atoms with Gasteiger partial charge in [-0.15, -0.1) is 0 Å². The Morgan fingerprint density at radius 1 is 1.13 bits per heavy atom. The second-order valence-electron chi connectivity index (χ2n) is 6.60. The first kappa shape index (κ1) is 20.3. The lowest BCUT2D eigenvalue weighted by Crippen LogP contribution is -2.33. The van der Waals surface area contributed by atoms with Crippen LogP contribution in [0.5, 0.6) is 0 Å². The van der Waals surface area contributed by atoms with Crippen LogP contribution in [0.2, 0.25) is 5.02 Å². The van der Waals surface area contributed by atoms with E-state index in [1.54, 1.807) is 47.6 Å².